The van der Waals surface area contributed by atoms with Crippen LogP contribution in [-0.2, 0) is 9.53 Å². The standard InChI is InChI=1S/C12H23N3O2.ClH/c1-14-4-6-15(7-5-14)12(16)11(13)10-2-8-17-9-3-10;/h10-11H,2-9,13H2,1H3;1H. The molecule has 0 bridgehead atoms. The molecule has 18 heavy (non-hydrogen) atoms. The minimum Gasteiger partial charge on any atom is -0.381 e. The molecule has 0 spiro atoms. The highest BCUT2D eigenvalue weighted by Crippen LogP contribution is 2.19. The van der Waals surface area contributed by atoms with Crippen molar-refractivity contribution in [3.63, 3.8) is 0 Å². The van der Waals surface area contributed by atoms with E-state index in [1.54, 1.807) is 0 Å². The number of piperazine rings is 1. The molecule has 0 aliphatic carbocycles. The zero-order chi connectivity index (χ0) is 12.3. The Kier molecular flexibility index (Phi) is 6.35. The maximum absolute atomic E-state index is 12.2. The van der Waals surface area contributed by atoms with E-state index in [1.165, 1.54) is 0 Å². The molecule has 0 aromatic carbocycles. The zero-order valence-electron chi connectivity index (χ0n) is 11.0. The summed E-state index contributed by atoms with van der Waals surface area (Å²) in [5, 5.41) is 0. The number of carbonyl (C=O) groups is 1. The van der Waals surface area contributed by atoms with E-state index < -0.39 is 0 Å². The maximum Gasteiger partial charge on any atom is 0.239 e. The fourth-order valence-corrected chi connectivity index (χ4v) is 2.51. The first kappa shape index (κ1) is 15.7. The molecule has 1 atom stereocenters. The number of nitrogens with two attached hydrogens (primary N) is 1. The van der Waals surface area contributed by atoms with Gasteiger partial charge in [-0.2, -0.15) is 0 Å². The zero-order valence-corrected chi connectivity index (χ0v) is 11.8. The summed E-state index contributed by atoms with van der Waals surface area (Å²) in [7, 11) is 2.08. The van der Waals surface area contributed by atoms with Crippen molar-refractivity contribution in [2.45, 2.75) is 18.9 Å². The van der Waals surface area contributed by atoms with Crippen molar-refractivity contribution in [2.75, 3.05) is 46.4 Å². The van der Waals surface area contributed by atoms with Gasteiger partial charge in [0.1, 0.15) is 0 Å². The van der Waals surface area contributed by atoms with Gasteiger partial charge in [0.25, 0.3) is 0 Å². The summed E-state index contributed by atoms with van der Waals surface area (Å²) in [5.74, 6) is 0.431. The molecule has 2 aliphatic heterocycles. The number of halogens is 1. The Morgan fingerprint density at radius 1 is 1.22 bits per heavy atom. The number of carbonyl (C=O) groups excluding carboxylic acids is 1. The van der Waals surface area contributed by atoms with Crippen LogP contribution in [-0.4, -0.2) is 68.2 Å². The molecule has 2 aliphatic rings. The van der Waals surface area contributed by atoms with Gasteiger partial charge in [0.15, 0.2) is 0 Å². The smallest absolute Gasteiger partial charge is 0.239 e. The Morgan fingerprint density at radius 3 is 2.33 bits per heavy atom. The van der Waals surface area contributed by atoms with E-state index in [4.69, 9.17) is 10.5 Å². The monoisotopic (exact) mass is 277 g/mol. The highest BCUT2D eigenvalue weighted by molar-refractivity contribution is 5.85. The normalized spacial score (nSPS) is 24.4. The van der Waals surface area contributed by atoms with Crippen molar-refractivity contribution in [3.05, 3.63) is 0 Å². The van der Waals surface area contributed by atoms with Crippen LogP contribution in [0.2, 0.25) is 0 Å². The van der Waals surface area contributed by atoms with Crippen molar-refractivity contribution in [1.82, 2.24) is 9.80 Å². The van der Waals surface area contributed by atoms with Gasteiger partial charge < -0.3 is 20.3 Å². The molecule has 1 unspecified atom stereocenters. The van der Waals surface area contributed by atoms with Gasteiger partial charge >= 0.3 is 0 Å². The number of nitrogens with zero attached hydrogens (tertiary/aromatic N) is 2. The molecule has 2 N–H and O–H groups in total. The highest BCUT2D eigenvalue weighted by atomic mass is 35.5. The third kappa shape index (κ3) is 3.82. The van der Waals surface area contributed by atoms with Crippen molar-refractivity contribution in [3.8, 4) is 0 Å². The Bertz CT molecular complexity index is 264. The van der Waals surface area contributed by atoms with Gasteiger partial charge in [-0.15, -0.1) is 12.4 Å². The van der Waals surface area contributed by atoms with Crippen LogP contribution in [0, 0.1) is 5.92 Å². The molecular weight excluding hydrogens is 254 g/mol. The molecule has 6 heteroatoms. The molecule has 0 aromatic heterocycles. The van der Waals surface area contributed by atoms with Crippen molar-refractivity contribution in [2.24, 2.45) is 11.7 Å². The number of hydrogen-bond donors (Lipinski definition) is 1. The average Bonchev–Trinajstić information content (AvgIpc) is 2.39. The lowest BCUT2D eigenvalue weighted by atomic mass is 9.91. The van der Waals surface area contributed by atoms with E-state index in [0.29, 0.717) is 5.92 Å². The van der Waals surface area contributed by atoms with Crippen LogP contribution in [0.4, 0.5) is 0 Å². The molecule has 2 fully saturated rings. The molecule has 106 valence electrons. The Balaban J connectivity index is 0.00000162. The van der Waals surface area contributed by atoms with E-state index >= 15 is 0 Å². The summed E-state index contributed by atoms with van der Waals surface area (Å²) in [6.45, 7) is 5.01. The van der Waals surface area contributed by atoms with Gasteiger partial charge in [-0.3, -0.25) is 4.79 Å². The second-order valence-electron chi connectivity index (χ2n) is 5.10. The molecule has 0 aromatic rings. The van der Waals surface area contributed by atoms with Crippen LogP contribution in [0.3, 0.4) is 0 Å². The van der Waals surface area contributed by atoms with E-state index in [2.05, 4.69) is 11.9 Å². The fraction of sp³-hybridized carbons (Fsp3) is 0.917. The van der Waals surface area contributed by atoms with Crippen molar-refractivity contribution >= 4 is 18.3 Å². The van der Waals surface area contributed by atoms with Crippen LogP contribution in [0.15, 0.2) is 0 Å². The fourth-order valence-electron chi connectivity index (χ4n) is 2.51. The summed E-state index contributed by atoms with van der Waals surface area (Å²) >= 11 is 0. The first-order valence-electron chi connectivity index (χ1n) is 6.49. The van der Waals surface area contributed by atoms with Crippen LogP contribution >= 0.6 is 12.4 Å². The van der Waals surface area contributed by atoms with Gasteiger partial charge in [-0.25, -0.2) is 0 Å². The van der Waals surface area contributed by atoms with E-state index in [-0.39, 0.29) is 24.4 Å². The predicted molar refractivity (Wildman–Crippen MR) is 72.8 cm³/mol. The average molecular weight is 278 g/mol. The Morgan fingerprint density at radius 2 is 1.78 bits per heavy atom. The van der Waals surface area contributed by atoms with Gasteiger partial charge in [0.05, 0.1) is 6.04 Å². The van der Waals surface area contributed by atoms with E-state index in [1.807, 2.05) is 4.90 Å². The number of rotatable bonds is 2. The van der Waals surface area contributed by atoms with E-state index in [0.717, 1.165) is 52.2 Å². The van der Waals surface area contributed by atoms with Crippen molar-refractivity contribution in [1.29, 1.82) is 0 Å². The predicted octanol–water partition coefficient (Wildman–Crippen LogP) is -0.0639. The Hall–Kier alpha value is -0.360. The highest BCUT2D eigenvalue weighted by Gasteiger charge is 2.30. The number of likely N-dealkylation sites (N-methyl/N-ethyl adjacent to an activating group) is 1. The topological polar surface area (TPSA) is 58.8 Å². The SMILES string of the molecule is CN1CCN(C(=O)C(N)C2CCOCC2)CC1.Cl. The van der Waals surface area contributed by atoms with Gasteiger partial charge in [-0.05, 0) is 25.8 Å². The molecule has 2 saturated heterocycles. The number of amides is 1. The van der Waals surface area contributed by atoms with Gasteiger partial charge in [-0.1, -0.05) is 0 Å². The lowest BCUT2D eigenvalue weighted by molar-refractivity contribution is -0.136. The number of hydrogen-bond acceptors (Lipinski definition) is 4. The molecule has 0 radical (unpaired) electrons. The summed E-state index contributed by atoms with van der Waals surface area (Å²) in [6, 6.07) is -0.331. The summed E-state index contributed by atoms with van der Waals surface area (Å²) in [4.78, 5) is 16.4. The summed E-state index contributed by atoms with van der Waals surface area (Å²) in [6.07, 6.45) is 1.83. The molecule has 2 rings (SSSR count). The second-order valence-corrected chi connectivity index (χ2v) is 5.10. The summed E-state index contributed by atoms with van der Waals surface area (Å²) in [5.41, 5.74) is 6.10. The molecule has 0 saturated carbocycles. The van der Waals surface area contributed by atoms with Crippen LogP contribution in [0.1, 0.15) is 12.8 Å². The second kappa shape index (κ2) is 7.28. The molecule has 2 heterocycles. The quantitative estimate of drug-likeness (QED) is 0.768. The third-order valence-electron chi connectivity index (χ3n) is 3.87. The lowest BCUT2D eigenvalue weighted by Gasteiger charge is -2.36. The maximum atomic E-state index is 12.2. The molecule has 1 amide bonds. The Labute approximate surface area is 115 Å². The van der Waals surface area contributed by atoms with Gasteiger partial charge in [0.2, 0.25) is 5.91 Å². The lowest BCUT2D eigenvalue weighted by Crippen LogP contribution is -2.54. The van der Waals surface area contributed by atoms with Crippen LogP contribution < -0.4 is 5.73 Å². The number of ether oxygens (including phenoxy) is 1. The largest absolute Gasteiger partial charge is 0.381 e. The van der Waals surface area contributed by atoms with E-state index in [9.17, 15) is 4.79 Å². The first-order valence-corrected chi connectivity index (χ1v) is 6.49. The minimum atomic E-state index is -0.331. The van der Waals surface area contributed by atoms with Crippen LogP contribution in [0.25, 0.3) is 0 Å². The minimum absolute atomic E-state index is 0. The third-order valence-corrected chi connectivity index (χ3v) is 3.87. The van der Waals surface area contributed by atoms with Crippen LogP contribution in [0.5, 0.6) is 0 Å². The molecular formula is C12H24ClN3O2. The van der Waals surface area contributed by atoms with Crippen molar-refractivity contribution < 1.29 is 9.53 Å². The van der Waals surface area contributed by atoms with Gasteiger partial charge in [0, 0.05) is 39.4 Å². The molecule has 5 nitrogen and oxygen atoms in total. The first-order chi connectivity index (χ1) is 8.18. The summed E-state index contributed by atoms with van der Waals surface area (Å²) < 4.78 is 5.30.